The molecule has 8 heteroatoms. The lowest BCUT2D eigenvalue weighted by Crippen LogP contribution is -2.33. The molecule has 18 heavy (non-hydrogen) atoms. The Morgan fingerprint density at radius 1 is 1.28 bits per heavy atom. The second kappa shape index (κ2) is 7.55. The van der Waals surface area contributed by atoms with Crippen LogP contribution >= 0.6 is 0 Å². The van der Waals surface area contributed by atoms with E-state index >= 15 is 0 Å². The molecule has 1 N–H and O–H groups in total. The summed E-state index contributed by atoms with van der Waals surface area (Å²) in [5, 5.41) is 8.64. The van der Waals surface area contributed by atoms with E-state index < -0.39 is 37.3 Å². The van der Waals surface area contributed by atoms with E-state index in [0.29, 0.717) is 6.61 Å². The average Bonchev–Trinajstić information content (AvgIpc) is 2.15. The van der Waals surface area contributed by atoms with E-state index in [4.69, 9.17) is 14.6 Å². The predicted molar refractivity (Wildman–Crippen MR) is 54.4 cm³/mol. The number of aliphatic hydroxyl groups excluding tert-OH is 1. The van der Waals surface area contributed by atoms with Crippen LogP contribution in [0.4, 0.5) is 13.2 Å². The van der Waals surface area contributed by atoms with E-state index in [1.165, 1.54) is 6.92 Å². The Kier molecular flexibility index (Phi) is 7.19. The minimum atomic E-state index is -4.85. The van der Waals surface area contributed by atoms with Crippen molar-refractivity contribution >= 4 is 5.97 Å². The third-order valence-electron chi connectivity index (χ3n) is 1.82. The molecule has 0 rings (SSSR count). The maximum Gasteiger partial charge on any atom is 0.414 e. The Labute approximate surface area is 103 Å². The highest BCUT2D eigenvalue weighted by Crippen LogP contribution is 2.22. The molecule has 0 radical (unpaired) electrons. The number of carbonyl (C=O) groups excluding carboxylic acids is 1. The van der Waals surface area contributed by atoms with E-state index in [-0.39, 0.29) is 0 Å². The number of ether oxygens (including phenoxy) is 3. The van der Waals surface area contributed by atoms with Crippen molar-refractivity contribution in [2.75, 3.05) is 6.61 Å². The van der Waals surface area contributed by atoms with Crippen LogP contribution in [0.1, 0.15) is 27.2 Å². The first-order valence-electron chi connectivity index (χ1n) is 5.38. The molecule has 0 spiro atoms. The van der Waals surface area contributed by atoms with E-state index in [1.54, 1.807) is 13.8 Å². The molecule has 3 atom stereocenters. The van der Waals surface area contributed by atoms with Gasteiger partial charge in [0.2, 0.25) is 6.29 Å². The Bertz CT molecular complexity index is 256. The fourth-order valence-corrected chi connectivity index (χ4v) is 1.08. The zero-order valence-electron chi connectivity index (χ0n) is 10.4. The molecule has 5 nitrogen and oxygen atoms in total. The normalized spacial score (nSPS) is 17.1. The number of halogens is 3. The molecule has 0 aliphatic rings. The number of alkyl halides is 3. The number of aliphatic hydroxyl groups is 1. The van der Waals surface area contributed by atoms with Gasteiger partial charge in [0, 0.05) is 6.61 Å². The number of esters is 1. The van der Waals surface area contributed by atoms with Gasteiger partial charge in [0.1, 0.15) is 0 Å². The van der Waals surface area contributed by atoms with Crippen LogP contribution in [0.15, 0.2) is 0 Å². The molecule has 108 valence electrons. The summed E-state index contributed by atoms with van der Waals surface area (Å²) in [7, 11) is 0. The highest BCUT2D eigenvalue weighted by atomic mass is 19.4. The molecule has 0 aromatic rings. The van der Waals surface area contributed by atoms with Crippen LogP contribution in [-0.2, 0) is 19.0 Å². The van der Waals surface area contributed by atoms with E-state index in [9.17, 15) is 18.0 Å². The minimum absolute atomic E-state index is 0.384. The van der Waals surface area contributed by atoms with Gasteiger partial charge >= 0.3 is 12.1 Å². The number of rotatable bonds is 7. The van der Waals surface area contributed by atoms with Crippen LogP contribution in [0.3, 0.4) is 0 Å². The molecule has 0 saturated heterocycles. The van der Waals surface area contributed by atoms with Gasteiger partial charge in [0.25, 0.3) is 0 Å². The smallest absolute Gasteiger partial charge is 0.414 e. The summed E-state index contributed by atoms with van der Waals surface area (Å²) in [4.78, 5) is 11.0. The molecular formula is C10H17F3O5. The Hall–Kier alpha value is -0.860. The first kappa shape index (κ1) is 17.1. The average molecular weight is 274 g/mol. The van der Waals surface area contributed by atoms with Gasteiger partial charge in [-0.15, -0.1) is 0 Å². The summed E-state index contributed by atoms with van der Waals surface area (Å²) in [6, 6.07) is 0. The maximum atomic E-state index is 11.9. The fraction of sp³-hybridized carbons (Fsp3) is 0.900. The minimum Gasteiger partial charge on any atom is -0.436 e. The van der Waals surface area contributed by atoms with Crippen LogP contribution in [0.5, 0.6) is 0 Å². The Morgan fingerprint density at radius 3 is 2.28 bits per heavy atom. The van der Waals surface area contributed by atoms with Crippen molar-refractivity contribution in [3.05, 3.63) is 0 Å². The summed E-state index contributed by atoms with van der Waals surface area (Å²) >= 11 is 0. The van der Waals surface area contributed by atoms with E-state index in [1.807, 2.05) is 0 Å². The van der Waals surface area contributed by atoms with Crippen LogP contribution in [0.2, 0.25) is 0 Å². The number of hydrogen-bond donors (Lipinski definition) is 1. The highest BCUT2D eigenvalue weighted by Gasteiger charge is 2.40. The first-order chi connectivity index (χ1) is 8.16. The van der Waals surface area contributed by atoms with Gasteiger partial charge in [-0.2, -0.15) is 13.2 Å². The summed E-state index contributed by atoms with van der Waals surface area (Å²) < 4.78 is 50.4. The Balaban J connectivity index is 4.01. The lowest BCUT2D eigenvalue weighted by atomic mass is 10.2. The molecule has 0 heterocycles. The van der Waals surface area contributed by atoms with Gasteiger partial charge in [-0.25, -0.2) is 0 Å². The molecule has 0 amide bonds. The fourth-order valence-electron chi connectivity index (χ4n) is 1.08. The SMILES string of the molecule is CCOC(C)OC(C)OC(=O)C[C@@H](O)C(F)(F)F. The van der Waals surface area contributed by atoms with Crippen molar-refractivity contribution in [1.29, 1.82) is 0 Å². The molecule has 0 fully saturated rings. The van der Waals surface area contributed by atoms with Gasteiger partial charge in [-0.3, -0.25) is 4.79 Å². The third kappa shape index (κ3) is 7.46. The first-order valence-corrected chi connectivity index (χ1v) is 5.38. The molecule has 0 bridgehead atoms. The molecule has 0 aliphatic heterocycles. The van der Waals surface area contributed by atoms with Crippen molar-refractivity contribution in [2.45, 2.75) is 52.1 Å². The van der Waals surface area contributed by atoms with Crippen molar-refractivity contribution in [1.82, 2.24) is 0 Å². The van der Waals surface area contributed by atoms with E-state index in [0.717, 1.165) is 0 Å². The molecule has 0 aromatic heterocycles. The molecule has 0 aromatic carbocycles. The summed E-state index contributed by atoms with van der Waals surface area (Å²) in [5.41, 5.74) is 0. The molecule has 2 unspecified atom stereocenters. The zero-order valence-corrected chi connectivity index (χ0v) is 10.4. The number of hydrogen-bond acceptors (Lipinski definition) is 5. The maximum absolute atomic E-state index is 11.9. The van der Waals surface area contributed by atoms with Gasteiger partial charge in [-0.1, -0.05) is 0 Å². The second-order valence-corrected chi connectivity index (χ2v) is 3.48. The third-order valence-corrected chi connectivity index (χ3v) is 1.82. The molecular weight excluding hydrogens is 257 g/mol. The van der Waals surface area contributed by atoms with Gasteiger partial charge in [0.05, 0.1) is 6.42 Å². The van der Waals surface area contributed by atoms with Gasteiger partial charge in [-0.05, 0) is 20.8 Å². The topological polar surface area (TPSA) is 65.0 Å². The van der Waals surface area contributed by atoms with Crippen molar-refractivity contribution < 1.29 is 37.3 Å². The zero-order chi connectivity index (χ0) is 14.3. The predicted octanol–water partition coefficient (Wildman–Crippen LogP) is 1.59. The summed E-state index contributed by atoms with van der Waals surface area (Å²) in [5.74, 6) is -1.20. The largest absolute Gasteiger partial charge is 0.436 e. The highest BCUT2D eigenvalue weighted by molar-refractivity contribution is 5.70. The van der Waals surface area contributed by atoms with Crippen molar-refractivity contribution in [3.63, 3.8) is 0 Å². The summed E-state index contributed by atoms with van der Waals surface area (Å²) in [6.45, 7) is 5.01. The molecule has 0 saturated carbocycles. The monoisotopic (exact) mass is 274 g/mol. The lowest BCUT2D eigenvalue weighted by molar-refractivity contribution is -0.236. The lowest BCUT2D eigenvalue weighted by Gasteiger charge is -2.20. The molecule has 0 aliphatic carbocycles. The van der Waals surface area contributed by atoms with Gasteiger partial charge < -0.3 is 19.3 Å². The van der Waals surface area contributed by atoms with E-state index in [2.05, 4.69) is 4.74 Å². The van der Waals surface area contributed by atoms with Crippen LogP contribution in [0, 0.1) is 0 Å². The number of carbonyl (C=O) groups is 1. The quantitative estimate of drug-likeness (QED) is 0.564. The van der Waals surface area contributed by atoms with Crippen LogP contribution in [0.25, 0.3) is 0 Å². The van der Waals surface area contributed by atoms with Gasteiger partial charge in [0.15, 0.2) is 12.4 Å². The van der Waals surface area contributed by atoms with Crippen molar-refractivity contribution in [2.24, 2.45) is 0 Å². The Morgan fingerprint density at radius 2 is 1.83 bits per heavy atom. The van der Waals surface area contributed by atoms with Crippen LogP contribution in [-0.4, -0.2) is 42.5 Å². The standard InChI is InChI=1S/C10H17F3O5/c1-4-16-6(2)17-7(3)18-9(15)5-8(14)10(11,12)13/h6-8,14H,4-5H2,1-3H3/t6?,7?,8-/m1/s1. The summed E-state index contributed by atoms with van der Waals surface area (Å²) in [6.07, 6.45) is -10.5. The van der Waals surface area contributed by atoms with Crippen molar-refractivity contribution in [3.8, 4) is 0 Å². The second-order valence-electron chi connectivity index (χ2n) is 3.48. The van der Waals surface area contributed by atoms with Crippen LogP contribution < -0.4 is 0 Å².